The predicted molar refractivity (Wildman–Crippen MR) is 102 cm³/mol. The van der Waals surface area contributed by atoms with Crippen LogP contribution in [-0.2, 0) is 4.79 Å². The third-order valence-corrected chi connectivity index (χ3v) is 9.56. The number of hydrogen-bond acceptors (Lipinski definition) is 3. The van der Waals surface area contributed by atoms with Gasteiger partial charge in [-0.15, -0.1) is 0 Å². The second kappa shape index (κ2) is 5.53. The van der Waals surface area contributed by atoms with E-state index in [0.717, 1.165) is 35.8 Å². The number of carbonyl (C=O) groups excluding carboxylic acids is 1. The summed E-state index contributed by atoms with van der Waals surface area (Å²) in [4.78, 5) is 14.6. The lowest BCUT2D eigenvalue weighted by atomic mass is 9.49. The molecule has 0 unspecified atom stereocenters. The zero-order valence-corrected chi connectivity index (χ0v) is 16.8. The van der Waals surface area contributed by atoms with Crippen molar-refractivity contribution in [3.63, 3.8) is 0 Å². The summed E-state index contributed by atoms with van der Waals surface area (Å²) in [6, 6.07) is 0.561. The average Bonchev–Trinajstić information content (AvgIpc) is 2.90. The van der Waals surface area contributed by atoms with Gasteiger partial charge in [-0.05, 0) is 68.5 Å². The smallest absolute Gasteiger partial charge is 0.157 e. The van der Waals surface area contributed by atoms with Crippen LogP contribution in [0.15, 0.2) is 11.8 Å². The van der Waals surface area contributed by atoms with Crippen molar-refractivity contribution < 1.29 is 4.79 Å². The molecule has 2 saturated carbocycles. The summed E-state index contributed by atoms with van der Waals surface area (Å²) in [6.45, 7) is 7.47. The van der Waals surface area contributed by atoms with Crippen LogP contribution in [0.2, 0.25) is 0 Å². The molecule has 24 heavy (non-hydrogen) atoms. The quantitative estimate of drug-likeness (QED) is 0.683. The molecule has 0 amide bonds. The highest BCUT2D eigenvalue weighted by molar-refractivity contribution is 7.99. The van der Waals surface area contributed by atoms with Gasteiger partial charge in [0, 0.05) is 41.9 Å². The van der Waals surface area contributed by atoms with E-state index in [9.17, 15) is 4.79 Å². The highest BCUT2D eigenvalue weighted by Crippen LogP contribution is 2.66. The number of likely N-dealkylation sites (tertiary alicyclic amines) is 1. The van der Waals surface area contributed by atoms with Gasteiger partial charge in [-0.2, -0.15) is 11.8 Å². The summed E-state index contributed by atoms with van der Waals surface area (Å²) in [5.41, 5.74) is 2.11. The summed E-state index contributed by atoms with van der Waals surface area (Å²) in [7, 11) is 2.25. The Kier molecular flexibility index (Phi) is 3.91. The zero-order valence-electron chi connectivity index (χ0n) is 16.0. The molecule has 3 aliphatic carbocycles. The lowest BCUT2D eigenvalue weighted by Gasteiger charge is -2.62. The second-order valence-electron chi connectivity index (χ2n) is 9.55. The molecule has 1 aliphatic heterocycles. The van der Waals surface area contributed by atoms with Gasteiger partial charge in [0.2, 0.25) is 0 Å². The minimum absolute atomic E-state index is 0.221. The Labute approximate surface area is 151 Å². The van der Waals surface area contributed by atoms with E-state index in [2.05, 4.69) is 50.7 Å². The average molecular weight is 348 g/mol. The maximum atomic E-state index is 12.1. The van der Waals surface area contributed by atoms with Crippen LogP contribution in [-0.4, -0.2) is 35.3 Å². The topological polar surface area (TPSA) is 20.3 Å². The van der Waals surface area contributed by atoms with E-state index in [1.165, 1.54) is 31.4 Å². The predicted octanol–water partition coefficient (Wildman–Crippen LogP) is 4.75. The first kappa shape index (κ1) is 17.0. The van der Waals surface area contributed by atoms with Gasteiger partial charge in [0.1, 0.15) is 0 Å². The third-order valence-electron chi connectivity index (χ3n) is 8.53. The van der Waals surface area contributed by atoms with Gasteiger partial charge in [-0.25, -0.2) is 0 Å². The summed E-state index contributed by atoms with van der Waals surface area (Å²) < 4.78 is 0. The minimum atomic E-state index is 0.221. The van der Waals surface area contributed by atoms with Crippen LogP contribution < -0.4 is 0 Å². The van der Waals surface area contributed by atoms with Gasteiger partial charge in [-0.1, -0.05) is 13.8 Å². The van der Waals surface area contributed by atoms with Crippen LogP contribution in [0.5, 0.6) is 0 Å². The van der Waals surface area contributed by atoms with Crippen LogP contribution in [0.4, 0.5) is 0 Å². The number of fused-ring (bicyclic) bond motifs is 5. The summed E-state index contributed by atoms with van der Waals surface area (Å²) in [5, 5.41) is 0.855. The Balaban J connectivity index is 1.75. The van der Waals surface area contributed by atoms with Gasteiger partial charge in [0.05, 0.1) is 0 Å². The molecule has 4 aliphatic rings. The molecule has 3 fully saturated rings. The van der Waals surface area contributed by atoms with E-state index < -0.39 is 0 Å². The lowest BCUT2D eigenvalue weighted by Crippen LogP contribution is -2.60. The summed E-state index contributed by atoms with van der Waals surface area (Å²) in [6.07, 6.45) is 11.7. The molecule has 134 valence electrons. The molecular weight excluding hydrogens is 314 g/mol. The molecule has 4 rings (SSSR count). The van der Waals surface area contributed by atoms with Gasteiger partial charge in [-0.3, -0.25) is 4.79 Å². The molecule has 0 aromatic carbocycles. The first-order chi connectivity index (χ1) is 11.3. The van der Waals surface area contributed by atoms with E-state index in [4.69, 9.17) is 0 Å². The van der Waals surface area contributed by atoms with E-state index >= 15 is 0 Å². The number of carbonyl (C=O) groups is 1. The van der Waals surface area contributed by atoms with Crippen LogP contribution in [0.25, 0.3) is 0 Å². The van der Waals surface area contributed by atoms with Crippen molar-refractivity contribution in [2.24, 2.45) is 28.6 Å². The van der Waals surface area contributed by atoms with Crippen molar-refractivity contribution in [1.82, 2.24) is 4.90 Å². The molecule has 3 heteroatoms. The molecular formula is C21H33NOS. The fourth-order valence-electron chi connectivity index (χ4n) is 7.04. The minimum Gasteiger partial charge on any atom is -0.374 e. The van der Waals surface area contributed by atoms with Crippen LogP contribution in [0, 0.1) is 28.6 Å². The van der Waals surface area contributed by atoms with Crippen LogP contribution >= 0.6 is 11.8 Å². The van der Waals surface area contributed by atoms with Crippen molar-refractivity contribution in [1.29, 1.82) is 0 Å². The van der Waals surface area contributed by atoms with E-state index in [1.807, 2.05) is 6.08 Å². The molecule has 1 saturated heterocycles. The maximum absolute atomic E-state index is 12.1. The molecule has 0 aromatic heterocycles. The molecule has 0 spiro atoms. The highest BCUT2D eigenvalue weighted by atomic mass is 32.2. The highest BCUT2D eigenvalue weighted by Gasteiger charge is 2.60. The van der Waals surface area contributed by atoms with Crippen molar-refractivity contribution in [2.45, 2.75) is 70.6 Å². The van der Waals surface area contributed by atoms with Crippen molar-refractivity contribution in [3.05, 3.63) is 11.8 Å². The number of allylic oxidation sites excluding steroid dienone is 2. The lowest BCUT2D eigenvalue weighted by molar-refractivity contribution is -0.121. The van der Waals surface area contributed by atoms with Crippen LogP contribution in [0.1, 0.15) is 59.3 Å². The number of rotatable bonds is 1. The zero-order chi connectivity index (χ0) is 17.3. The fourth-order valence-corrected chi connectivity index (χ4v) is 7.99. The van der Waals surface area contributed by atoms with Gasteiger partial charge >= 0.3 is 0 Å². The SMILES string of the molecule is CS[C@H]1C[C@H]2[C@@H]3[C@@H](C)N(C)C4=CC(=O)CC[C@]4(C)[C@H]3CC[C@]2(C)C1. The largest absolute Gasteiger partial charge is 0.374 e. The molecule has 0 bridgehead atoms. The van der Waals surface area contributed by atoms with E-state index in [-0.39, 0.29) is 5.41 Å². The fraction of sp³-hybridized carbons (Fsp3) is 0.857. The Bertz CT molecular complexity index is 586. The van der Waals surface area contributed by atoms with Gasteiger partial charge in [0.25, 0.3) is 0 Å². The number of thioether (sulfide) groups is 1. The van der Waals surface area contributed by atoms with Crippen molar-refractivity contribution in [2.75, 3.05) is 13.3 Å². The normalized spacial score (nSPS) is 50.9. The summed E-state index contributed by atoms with van der Waals surface area (Å²) >= 11 is 2.09. The molecule has 0 N–H and O–H groups in total. The third kappa shape index (κ3) is 2.19. The Hall–Kier alpha value is -0.440. The monoisotopic (exact) mass is 347 g/mol. The second-order valence-corrected chi connectivity index (χ2v) is 10.7. The molecule has 0 aromatic rings. The number of ketones is 1. The summed E-state index contributed by atoms with van der Waals surface area (Å²) in [5.74, 6) is 2.76. The molecule has 1 heterocycles. The van der Waals surface area contributed by atoms with Gasteiger partial charge < -0.3 is 4.90 Å². The standard InChI is InChI=1S/C21H33NOS/c1-13-19-16(7-8-20(2)12-15(24-5)11-17(19)20)21(3)9-6-14(23)10-18(21)22(13)4/h10,13,15-17,19H,6-9,11-12H2,1-5H3/t13-,15+,16+,17+,19-,20-,21-/m1/s1. The Morgan fingerprint density at radius 3 is 2.71 bits per heavy atom. The van der Waals surface area contributed by atoms with Crippen LogP contribution in [0.3, 0.4) is 0 Å². The number of hydrogen-bond donors (Lipinski definition) is 0. The first-order valence-corrected chi connectivity index (χ1v) is 11.1. The van der Waals surface area contributed by atoms with E-state index in [0.29, 0.717) is 17.2 Å². The van der Waals surface area contributed by atoms with Gasteiger partial charge in [0.15, 0.2) is 5.78 Å². The van der Waals surface area contributed by atoms with E-state index in [1.54, 1.807) is 0 Å². The molecule has 7 atom stereocenters. The Morgan fingerprint density at radius 1 is 1.25 bits per heavy atom. The number of piperidine rings is 1. The number of nitrogens with zero attached hydrogens (tertiary/aromatic N) is 1. The maximum Gasteiger partial charge on any atom is 0.157 e. The molecule has 0 radical (unpaired) electrons. The van der Waals surface area contributed by atoms with Crippen molar-refractivity contribution >= 4 is 17.5 Å². The first-order valence-electron chi connectivity index (χ1n) is 9.81. The van der Waals surface area contributed by atoms with Crippen molar-refractivity contribution in [3.8, 4) is 0 Å². The Morgan fingerprint density at radius 2 is 2.00 bits per heavy atom. The molecule has 2 nitrogen and oxygen atoms in total.